The Morgan fingerprint density at radius 2 is 2.04 bits per heavy atom. The van der Waals surface area contributed by atoms with Crippen LogP contribution < -0.4 is 16.8 Å². The summed E-state index contributed by atoms with van der Waals surface area (Å²) in [6.07, 6.45) is -1.35. The van der Waals surface area contributed by atoms with E-state index in [9.17, 15) is 13.2 Å². The van der Waals surface area contributed by atoms with E-state index in [1.807, 2.05) is 0 Å². The largest absolute Gasteiger partial charge is 0.421 e. The average molecular weight is 419 g/mol. The van der Waals surface area contributed by atoms with Crippen molar-refractivity contribution in [2.45, 2.75) is 6.18 Å². The van der Waals surface area contributed by atoms with Crippen LogP contribution in [0.25, 0.3) is 11.4 Å². The predicted molar refractivity (Wildman–Crippen MR) is 101 cm³/mol. The fraction of sp³-hybridized carbons (Fsp3) is 0.188. The number of aliphatic imine (C=N–C) groups is 1. The number of benzene rings is 1. The Morgan fingerprint density at radius 1 is 1.30 bits per heavy atom. The second-order valence-corrected chi connectivity index (χ2v) is 6.01. The molecule has 11 heteroatoms. The molecular formula is C16H15Cl2F3N6. The SMILES string of the molecule is NC=CC(N)=NCCNc1nc(-c2ccc(Cl)cc2Cl)ncc1C(F)(F)F. The molecule has 1 aromatic heterocycles. The zero-order valence-electron chi connectivity index (χ0n) is 13.8. The molecule has 1 aromatic carbocycles. The molecule has 27 heavy (non-hydrogen) atoms. The number of nitrogens with two attached hydrogens (primary N) is 2. The Hall–Kier alpha value is -2.52. The highest BCUT2D eigenvalue weighted by Gasteiger charge is 2.35. The lowest BCUT2D eigenvalue weighted by Gasteiger charge is -2.14. The maximum atomic E-state index is 13.2. The molecule has 6 nitrogen and oxygen atoms in total. The highest BCUT2D eigenvalue weighted by Crippen LogP contribution is 2.35. The normalized spacial score (nSPS) is 12.6. The van der Waals surface area contributed by atoms with Gasteiger partial charge in [0.05, 0.1) is 11.6 Å². The van der Waals surface area contributed by atoms with Gasteiger partial charge < -0.3 is 16.8 Å². The quantitative estimate of drug-likeness (QED) is 0.377. The number of amidine groups is 1. The van der Waals surface area contributed by atoms with Gasteiger partial charge in [-0.15, -0.1) is 0 Å². The highest BCUT2D eigenvalue weighted by atomic mass is 35.5. The monoisotopic (exact) mass is 418 g/mol. The third-order valence-corrected chi connectivity index (χ3v) is 3.78. The number of rotatable bonds is 6. The van der Waals surface area contributed by atoms with Gasteiger partial charge in [-0.1, -0.05) is 23.2 Å². The fourth-order valence-electron chi connectivity index (χ4n) is 2.04. The molecule has 1 heterocycles. The molecule has 2 aromatic rings. The molecule has 0 amide bonds. The summed E-state index contributed by atoms with van der Waals surface area (Å²) in [7, 11) is 0. The number of nitrogens with zero attached hydrogens (tertiary/aromatic N) is 3. The molecule has 0 saturated carbocycles. The number of anilines is 1. The maximum absolute atomic E-state index is 13.2. The lowest BCUT2D eigenvalue weighted by molar-refractivity contribution is -0.137. The summed E-state index contributed by atoms with van der Waals surface area (Å²) >= 11 is 11.9. The standard InChI is InChI=1S/C16H15Cl2F3N6/c17-9-1-2-10(12(18)7-9)14-26-8-11(16(19,20)21)15(27-14)25-6-5-24-13(23)3-4-22/h1-4,7-8H,5-6,22H2,(H2,23,24)(H,25,26,27). The van der Waals surface area contributed by atoms with Crippen LogP contribution in [0, 0.1) is 0 Å². The van der Waals surface area contributed by atoms with E-state index in [0.29, 0.717) is 16.8 Å². The molecule has 0 fully saturated rings. The average Bonchev–Trinajstić information content (AvgIpc) is 2.58. The summed E-state index contributed by atoms with van der Waals surface area (Å²) in [5.41, 5.74) is 10.0. The van der Waals surface area contributed by atoms with E-state index >= 15 is 0 Å². The molecule has 0 radical (unpaired) electrons. The molecule has 0 aliphatic rings. The van der Waals surface area contributed by atoms with E-state index in [2.05, 4.69) is 20.3 Å². The zero-order chi connectivity index (χ0) is 20.0. The molecule has 0 bridgehead atoms. The van der Waals surface area contributed by atoms with E-state index in [1.54, 1.807) is 6.07 Å². The highest BCUT2D eigenvalue weighted by molar-refractivity contribution is 6.36. The second-order valence-electron chi connectivity index (χ2n) is 5.17. The first-order chi connectivity index (χ1) is 12.7. The molecule has 0 atom stereocenters. The number of hydrogen-bond acceptors (Lipinski definition) is 5. The Kier molecular flexibility index (Phi) is 6.86. The lowest BCUT2D eigenvalue weighted by atomic mass is 10.2. The molecule has 144 valence electrons. The molecule has 0 spiro atoms. The van der Waals surface area contributed by atoms with Gasteiger partial charge in [0.15, 0.2) is 5.82 Å². The van der Waals surface area contributed by atoms with Gasteiger partial charge in [-0.2, -0.15) is 13.2 Å². The minimum atomic E-state index is -4.63. The first-order valence-corrected chi connectivity index (χ1v) is 8.29. The van der Waals surface area contributed by atoms with Crippen molar-refractivity contribution in [1.29, 1.82) is 0 Å². The van der Waals surface area contributed by atoms with Crippen molar-refractivity contribution in [3.63, 3.8) is 0 Å². The van der Waals surface area contributed by atoms with Crippen LogP contribution in [-0.2, 0) is 6.18 Å². The smallest absolute Gasteiger partial charge is 0.404 e. The molecule has 0 aliphatic heterocycles. The Bertz CT molecular complexity index is 868. The van der Waals surface area contributed by atoms with E-state index in [-0.39, 0.29) is 35.6 Å². The van der Waals surface area contributed by atoms with Crippen molar-refractivity contribution >= 4 is 34.9 Å². The first-order valence-electron chi connectivity index (χ1n) is 7.54. The minimum absolute atomic E-state index is 0.0289. The van der Waals surface area contributed by atoms with Crippen LogP contribution in [0.1, 0.15) is 5.56 Å². The van der Waals surface area contributed by atoms with E-state index < -0.39 is 11.7 Å². The van der Waals surface area contributed by atoms with Gasteiger partial charge in [0.25, 0.3) is 0 Å². The van der Waals surface area contributed by atoms with Gasteiger partial charge in [-0.05, 0) is 30.5 Å². The predicted octanol–water partition coefficient (Wildman–Crippen LogP) is 3.71. The summed E-state index contributed by atoms with van der Waals surface area (Å²) in [6, 6.07) is 4.52. The van der Waals surface area contributed by atoms with Crippen LogP contribution in [0.4, 0.5) is 19.0 Å². The molecule has 0 saturated heterocycles. The number of nitrogens with one attached hydrogen (secondary N) is 1. The zero-order valence-corrected chi connectivity index (χ0v) is 15.3. The molecule has 0 aliphatic carbocycles. The third-order valence-electron chi connectivity index (χ3n) is 3.23. The van der Waals surface area contributed by atoms with Crippen LogP contribution >= 0.6 is 23.2 Å². The summed E-state index contributed by atoms with van der Waals surface area (Å²) < 4.78 is 39.7. The van der Waals surface area contributed by atoms with Crippen LogP contribution in [0.15, 0.2) is 41.7 Å². The van der Waals surface area contributed by atoms with Gasteiger partial charge in [-0.3, -0.25) is 4.99 Å². The van der Waals surface area contributed by atoms with Crippen molar-refractivity contribution in [2.75, 3.05) is 18.4 Å². The van der Waals surface area contributed by atoms with Gasteiger partial charge in [-0.25, -0.2) is 9.97 Å². The van der Waals surface area contributed by atoms with Crippen LogP contribution in [-0.4, -0.2) is 28.9 Å². The molecule has 5 N–H and O–H groups in total. The summed E-state index contributed by atoms with van der Waals surface area (Å²) in [6.45, 7) is 0.182. The van der Waals surface area contributed by atoms with Crippen LogP contribution in [0.5, 0.6) is 0 Å². The third kappa shape index (κ3) is 5.73. The first kappa shape index (κ1) is 20.8. The van der Waals surface area contributed by atoms with Crippen LogP contribution in [0.3, 0.4) is 0 Å². The van der Waals surface area contributed by atoms with E-state index in [0.717, 1.165) is 0 Å². The fourth-order valence-corrected chi connectivity index (χ4v) is 2.53. The number of hydrogen-bond donors (Lipinski definition) is 3. The number of aromatic nitrogens is 2. The maximum Gasteiger partial charge on any atom is 0.421 e. The minimum Gasteiger partial charge on any atom is -0.404 e. The van der Waals surface area contributed by atoms with Crippen LogP contribution in [0.2, 0.25) is 10.0 Å². The summed E-state index contributed by atoms with van der Waals surface area (Å²) in [5.74, 6) is -0.199. The number of alkyl halides is 3. The topological polar surface area (TPSA) is 102 Å². The van der Waals surface area contributed by atoms with Gasteiger partial charge in [0.1, 0.15) is 17.2 Å². The van der Waals surface area contributed by atoms with Gasteiger partial charge in [0.2, 0.25) is 0 Å². The van der Waals surface area contributed by atoms with Crippen molar-refractivity contribution in [3.8, 4) is 11.4 Å². The van der Waals surface area contributed by atoms with Crippen molar-refractivity contribution < 1.29 is 13.2 Å². The summed E-state index contributed by atoms with van der Waals surface area (Å²) in [4.78, 5) is 11.7. The van der Waals surface area contributed by atoms with E-state index in [4.69, 9.17) is 34.7 Å². The number of halogens is 5. The molecule has 0 unspecified atom stereocenters. The Balaban J connectivity index is 2.30. The lowest BCUT2D eigenvalue weighted by Crippen LogP contribution is -2.17. The van der Waals surface area contributed by atoms with Gasteiger partial charge in [0, 0.05) is 23.3 Å². The summed E-state index contributed by atoms with van der Waals surface area (Å²) in [5, 5.41) is 3.21. The Morgan fingerprint density at radius 3 is 2.67 bits per heavy atom. The van der Waals surface area contributed by atoms with Crippen molar-refractivity contribution in [3.05, 3.63) is 52.3 Å². The van der Waals surface area contributed by atoms with Gasteiger partial charge >= 0.3 is 6.18 Å². The van der Waals surface area contributed by atoms with Crippen molar-refractivity contribution in [2.24, 2.45) is 16.5 Å². The molecule has 2 rings (SSSR count). The molecular weight excluding hydrogens is 404 g/mol. The Labute approximate surface area is 163 Å². The van der Waals surface area contributed by atoms with E-state index in [1.165, 1.54) is 24.4 Å². The van der Waals surface area contributed by atoms with Crippen molar-refractivity contribution in [1.82, 2.24) is 9.97 Å². The second kappa shape index (κ2) is 8.92.